The van der Waals surface area contributed by atoms with E-state index in [9.17, 15) is 0 Å². The molecule has 0 radical (unpaired) electrons. The Morgan fingerprint density at radius 2 is 0.981 bits per heavy atom. The summed E-state index contributed by atoms with van der Waals surface area (Å²) < 4.78 is 8.86. The lowest BCUT2D eigenvalue weighted by atomic mass is 9.96. The molecule has 53 heavy (non-hydrogen) atoms. The average Bonchev–Trinajstić information content (AvgIpc) is 3.74. The average molecular weight is 677 g/mol. The molecule has 0 N–H and O–H groups in total. The lowest BCUT2D eigenvalue weighted by Gasteiger charge is -2.27. The van der Waals surface area contributed by atoms with E-state index >= 15 is 0 Å². The van der Waals surface area contributed by atoms with Crippen LogP contribution in [0.5, 0.6) is 0 Å². The van der Waals surface area contributed by atoms with Gasteiger partial charge in [0, 0.05) is 44.3 Å². The topological polar surface area (TPSA) is 21.3 Å². The zero-order valence-corrected chi connectivity index (χ0v) is 28.8. The highest BCUT2D eigenvalue weighted by atomic mass is 16.3. The van der Waals surface area contributed by atoms with E-state index in [1.807, 2.05) is 0 Å². The summed E-state index contributed by atoms with van der Waals surface area (Å²) in [6, 6.07) is 69.9. The summed E-state index contributed by atoms with van der Waals surface area (Å²) in [5.74, 6) is 0. The molecule has 0 amide bonds. The number of hydrogen-bond acceptors (Lipinski definition) is 2. The Morgan fingerprint density at radius 3 is 1.81 bits per heavy atom. The summed E-state index contributed by atoms with van der Waals surface area (Å²) in [6.07, 6.45) is 0. The molecule has 2 heterocycles. The molecule has 9 aromatic carbocycles. The first-order valence-electron chi connectivity index (χ1n) is 18.1. The van der Waals surface area contributed by atoms with Gasteiger partial charge in [-0.15, -0.1) is 0 Å². The van der Waals surface area contributed by atoms with Crippen LogP contribution in [0.1, 0.15) is 0 Å². The minimum atomic E-state index is 0.877. The second kappa shape index (κ2) is 11.7. The van der Waals surface area contributed by atoms with Gasteiger partial charge in [-0.25, -0.2) is 0 Å². The smallest absolute Gasteiger partial charge is 0.136 e. The van der Waals surface area contributed by atoms with Gasteiger partial charge in [-0.1, -0.05) is 121 Å². The van der Waals surface area contributed by atoms with Crippen LogP contribution < -0.4 is 4.90 Å². The van der Waals surface area contributed by atoms with Gasteiger partial charge in [-0.05, 0) is 105 Å². The van der Waals surface area contributed by atoms with Gasteiger partial charge in [0.1, 0.15) is 11.2 Å². The Balaban J connectivity index is 1.21. The Hall–Kier alpha value is -7.10. The lowest BCUT2D eigenvalue weighted by molar-refractivity contribution is 0.669. The molecule has 2 aromatic heterocycles. The highest BCUT2D eigenvalue weighted by molar-refractivity contribution is 6.13. The highest BCUT2D eigenvalue weighted by Gasteiger charge is 2.20. The van der Waals surface area contributed by atoms with Gasteiger partial charge in [0.15, 0.2) is 0 Å². The third-order valence-electron chi connectivity index (χ3n) is 10.7. The first-order chi connectivity index (χ1) is 26.3. The number of anilines is 3. The molecule has 0 aliphatic carbocycles. The van der Waals surface area contributed by atoms with Gasteiger partial charge >= 0.3 is 0 Å². The van der Waals surface area contributed by atoms with Gasteiger partial charge in [-0.3, -0.25) is 0 Å². The number of nitrogens with zero attached hydrogens (tertiary/aromatic N) is 2. The van der Waals surface area contributed by atoms with Crippen LogP contribution in [0.4, 0.5) is 17.1 Å². The maximum absolute atomic E-state index is 6.48. The molecule has 3 heteroatoms. The van der Waals surface area contributed by atoms with Gasteiger partial charge in [0.2, 0.25) is 0 Å². The highest BCUT2D eigenvalue weighted by Crippen LogP contribution is 2.44. The van der Waals surface area contributed by atoms with Crippen LogP contribution >= 0.6 is 0 Å². The lowest BCUT2D eigenvalue weighted by Crippen LogP contribution is -2.10. The van der Waals surface area contributed by atoms with E-state index in [1.54, 1.807) is 0 Å². The Labute approximate surface area is 306 Å². The van der Waals surface area contributed by atoms with Gasteiger partial charge in [0.25, 0.3) is 0 Å². The number of para-hydroxylation sites is 2. The van der Waals surface area contributed by atoms with Gasteiger partial charge in [0.05, 0.1) is 11.0 Å². The summed E-state index contributed by atoms with van der Waals surface area (Å²) in [7, 11) is 0. The maximum Gasteiger partial charge on any atom is 0.136 e. The standard InChI is InChI=1S/C50H32N2O/c1-3-13-33(14-4-1)44-31-40(27-36-17-9-10-20-41(36)44)51(38-24-26-49-46(30-38)45-28-34-15-7-8-16-35(34)29-50(45)53-49)39-23-25-43-42-21-11-12-22-47(42)52(48(43)32-39)37-18-5-2-6-19-37/h1-32H. The molecule has 0 aliphatic heterocycles. The fraction of sp³-hybridized carbons (Fsp3) is 0. The molecule has 248 valence electrons. The van der Waals surface area contributed by atoms with Gasteiger partial charge < -0.3 is 13.9 Å². The van der Waals surface area contributed by atoms with Gasteiger partial charge in [-0.2, -0.15) is 0 Å². The van der Waals surface area contributed by atoms with Crippen molar-refractivity contribution < 1.29 is 4.42 Å². The van der Waals surface area contributed by atoms with E-state index in [0.717, 1.165) is 50.2 Å². The summed E-state index contributed by atoms with van der Waals surface area (Å²) in [6.45, 7) is 0. The summed E-state index contributed by atoms with van der Waals surface area (Å²) >= 11 is 0. The second-order valence-corrected chi connectivity index (χ2v) is 13.8. The molecule has 3 nitrogen and oxygen atoms in total. The van der Waals surface area contributed by atoms with E-state index < -0.39 is 0 Å². The van der Waals surface area contributed by atoms with Crippen molar-refractivity contribution in [3.8, 4) is 16.8 Å². The second-order valence-electron chi connectivity index (χ2n) is 13.8. The monoisotopic (exact) mass is 676 g/mol. The Kier molecular flexibility index (Phi) is 6.55. The molecule has 0 unspecified atom stereocenters. The Bertz CT molecular complexity index is 3170. The normalized spacial score (nSPS) is 11.8. The molecular weight excluding hydrogens is 645 g/mol. The van der Waals surface area contributed by atoms with Crippen molar-refractivity contribution in [2.75, 3.05) is 4.90 Å². The first kappa shape index (κ1) is 29.6. The zero-order valence-electron chi connectivity index (χ0n) is 28.8. The van der Waals surface area contributed by atoms with Crippen molar-refractivity contribution in [1.82, 2.24) is 4.57 Å². The molecule has 0 aliphatic rings. The zero-order chi connectivity index (χ0) is 34.9. The molecule has 11 aromatic rings. The minimum absolute atomic E-state index is 0.877. The first-order valence-corrected chi connectivity index (χ1v) is 18.1. The number of rotatable bonds is 5. The summed E-state index contributed by atoms with van der Waals surface area (Å²) in [5, 5.41) is 9.46. The van der Waals surface area contributed by atoms with Crippen molar-refractivity contribution in [2.24, 2.45) is 0 Å². The number of aromatic nitrogens is 1. The fourth-order valence-electron chi connectivity index (χ4n) is 8.27. The summed E-state index contributed by atoms with van der Waals surface area (Å²) in [5.41, 5.74) is 10.9. The molecule has 0 saturated carbocycles. The van der Waals surface area contributed by atoms with Crippen molar-refractivity contribution in [1.29, 1.82) is 0 Å². The maximum atomic E-state index is 6.48. The van der Waals surface area contributed by atoms with Crippen molar-refractivity contribution >= 4 is 82.4 Å². The molecular formula is C50H32N2O. The minimum Gasteiger partial charge on any atom is -0.456 e. The fourth-order valence-corrected chi connectivity index (χ4v) is 8.27. The quantitative estimate of drug-likeness (QED) is 0.181. The third-order valence-corrected chi connectivity index (χ3v) is 10.7. The van der Waals surface area contributed by atoms with E-state index in [1.165, 1.54) is 49.0 Å². The molecule has 11 rings (SSSR count). The van der Waals surface area contributed by atoms with Crippen LogP contribution in [0.15, 0.2) is 199 Å². The summed E-state index contributed by atoms with van der Waals surface area (Å²) in [4.78, 5) is 2.41. The SMILES string of the molecule is c1ccc(-c2cc(N(c3ccc4oc5cc6ccccc6cc5c4c3)c3ccc4c5ccccc5n(-c5ccccc5)c4c3)cc3ccccc23)cc1. The van der Waals surface area contributed by atoms with Crippen LogP contribution in [0.2, 0.25) is 0 Å². The van der Waals surface area contributed by atoms with Crippen LogP contribution in [0.25, 0.3) is 82.1 Å². The van der Waals surface area contributed by atoms with E-state index in [0.29, 0.717) is 0 Å². The number of furan rings is 1. The molecule has 0 saturated heterocycles. The van der Waals surface area contributed by atoms with Crippen LogP contribution in [0.3, 0.4) is 0 Å². The van der Waals surface area contributed by atoms with Crippen molar-refractivity contribution in [3.63, 3.8) is 0 Å². The number of hydrogen-bond donors (Lipinski definition) is 0. The predicted octanol–water partition coefficient (Wildman–Crippen LogP) is 14.1. The number of fused-ring (bicyclic) bond motifs is 8. The van der Waals surface area contributed by atoms with Crippen molar-refractivity contribution in [2.45, 2.75) is 0 Å². The van der Waals surface area contributed by atoms with Crippen molar-refractivity contribution in [3.05, 3.63) is 194 Å². The van der Waals surface area contributed by atoms with E-state index in [4.69, 9.17) is 4.42 Å². The van der Waals surface area contributed by atoms with E-state index in [-0.39, 0.29) is 0 Å². The van der Waals surface area contributed by atoms with Crippen LogP contribution in [0, 0.1) is 0 Å². The predicted molar refractivity (Wildman–Crippen MR) is 223 cm³/mol. The largest absolute Gasteiger partial charge is 0.456 e. The molecule has 0 atom stereocenters. The third kappa shape index (κ3) is 4.75. The molecule has 0 fully saturated rings. The molecule has 0 spiro atoms. The van der Waals surface area contributed by atoms with Crippen LogP contribution in [-0.2, 0) is 0 Å². The van der Waals surface area contributed by atoms with Crippen LogP contribution in [-0.4, -0.2) is 4.57 Å². The Morgan fingerprint density at radius 1 is 0.358 bits per heavy atom. The number of benzene rings is 9. The van der Waals surface area contributed by atoms with E-state index in [2.05, 4.69) is 204 Å². The molecule has 0 bridgehead atoms.